The van der Waals surface area contributed by atoms with Crippen LogP contribution in [0.2, 0.25) is 0 Å². The average Bonchev–Trinajstić information content (AvgIpc) is 2.42. The fraction of sp³-hybridized carbons (Fsp3) is 0.533. The van der Waals surface area contributed by atoms with E-state index in [1.165, 1.54) is 12.1 Å². The number of benzene rings is 1. The van der Waals surface area contributed by atoms with Gasteiger partial charge in [-0.1, -0.05) is 37.2 Å². The Labute approximate surface area is 115 Å². The first kappa shape index (κ1) is 15.3. The fourth-order valence-electron chi connectivity index (χ4n) is 2.00. The van der Waals surface area contributed by atoms with Gasteiger partial charge in [0.05, 0.1) is 0 Å². The van der Waals surface area contributed by atoms with Gasteiger partial charge in [-0.25, -0.2) is 0 Å². The number of nitrogens with two attached hydrogens (primary N) is 1. The van der Waals surface area contributed by atoms with E-state index in [0.29, 0.717) is 6.42 Å². The van der Waals surface area contributed by atoms with E-state index < -0.39 is 0 Å². The van der Waals surface area contributed by atoms with E-state index in [1.807, 2.05) is 18.2 Å². The second kappa shape index (κ2) is 8.40. The van der Waals surface area contributed by atoms with Crippen molar-refractivity contribution >= 4 is 11.5 Å². The van der Waals surface area contributed by atoms with Crippen molar-refractivity contribution in [3.63, 3.8) is 0 Å². The molecule has 0 amide bonds. The van der Waals surface area contributed by atoms with Crippen LogP contribution in [0.4, 0.5) is 5.69 Å². The first-order valence-electron chi connectivity index (χ1n) is 6.90. The Morgan fingerprint density at radius 2 is 1.95 bits per heavy atom. The van der Waals surface area contributed by atoms with Gasteiger partial charge < -0.3 is 15.8 Å². The molecule has 3 N–H and O–H groups in total. The molecule has 19 heavy (non-hydrogen) atoms. The summed E-state index contributed by atoms with van der Waals surface area (Å²) < 4.78 is 0. The van der Waals surface area contributed by atoms with Crippen molar-refractivity contribution in [3.05, 3.63) is 30.3 Å². The molecule has 0 radical (unpaired) electrons. The highest BCUT2D eigenvalue weighted by Gasteiger charge is 2.07. The first-order chi connectivity index (χ1) is 9.13. The molecule has 0 atom stereocenters. The van der Waals surface area contributed by atoms with Crippen LogP contribution in [0.25, 0.3) is 0 Å². The van der Waals surface area contributed by atoms with Gasteiger partial charge in [0.15, 0.2) is 0 Å². The van der Waals surface area contributed by atoms with E-state index in [-0.39, 0.29) is 5.84 Å². The number of rotatable bonds is 8. The summed E-state index contributed by atoms with van der Waals surface area (Å²) in [5.41, 5.74) is 6.74. The molecular formula is C15H25N3O. The lowest BCUT2D eigenvalue weighted by molar-refractivity contribution is 0.317. The summed E-state index contributed by atoms with van der Waals surface area (Å²) in [5.74, 6) is 1.01. The van der Waals surface area contributed by atoms with Crippen LogP contribution in [0.3, 0.4) is 0 Å². The highest BCUT2D eigenvalue weighted by atomic mass is 16.4. The number of hydrogen-bond donors (Lipinski definition) is 2. The highest BCUT2D eigenvalue weighted by Crippen LogP contribution is 2.15. The zero-order chi connectivity index (χ0) is 14.1. The van der Waals surface area contributed by atoms with Crippen LogP contribution < -0.4 is 10.6 Å². The standard InChI is InChI=1S/C15H25N3O/c1-13(2)7-6-11-18(12-10-15(16)17-19)14-8-4-3-5-9-14/h3-5,8-9,13,19H,6-7,10-12H2,1-2H3,(H2,16,17). The van der Waals surface area contributed by atoms with Gasteiger partial charge in [-0.05, 0) is 30.9 Å². The van der Waals surface area contributed by atoms with Crippen LogP contribution in [-0.4, -0.2) is 24.1 Å². The van der Waals surface area contributed by atoms with Gasteiger partial charge in [-0.15, -0.1) is 0 Å². The maximum absolute atomic E-state index is 8.61. The largest absolute Gasteiger partial charge is 0.409 e. The Morgan fingerprint density at radius 1 is 1.26 bits per heavy atom. The fourth-order valence-corrected chi connectivity index (χ4v) is 2.00. The lowest BCUT2D eigenvalue weighted by Gasteiger charge is -2.25. The highest BCUT2D eigenvalue weighted by molar-refractivity contribution is 5.80. The van der Waals surface area contributed by atoms with E-state index in [4.69, 9.17) is 10.9 Å². The zero-order valence-electron chi connectivity index (χ0n) is 11.9. The third kappa shape index (κ3) is 6.13. The SMILES string of the molecule is CC(C)CCCN(CC/C(N)=N/O)c1ccccc1. The van der Waals surface area contributed by atoms with Crippen LogP contribution in [0.5, 0.6) is 0 Å². The normalized spacial score (nSPS) is 11.8. The number of anilines is 1. The zero-order valence-corrected chi connectivity index (χ0v) is 11.9. The molecule has 0 spiro atoms. The van der Waals surface area contributed by atoms with Crippen molar-refractivity contribution in [3.8, 4) is 0 Å². The second-order valence-electron chi connectivity index (χ2n) is 5.20. The van der Waals surface area contributed by atoms with Crippen molar-refractivity contribution in [2.24, 2.45) is 16.8 Å². The Bertz CT molecular complexity index is 376. The van der Waals surface area contributed by atoms with Gasteiger partial charge in [0.25, 0.3) is 0 Å². The summed E-state index contributed by atoms with van der Waals surface area (Å²) in [7, 11) is 0. The lowest BCUT2D eigenvalue weighted by Crippen LogP contribution is -2.29. The minimum Gasteiger partial charge on any atom is -0.409 e. The molecule has 4 nitrogen and oxygen atoms in total. The van der Waals surface area contributed by atoms with Crippen LogP contribution in [-0.2, 0) is 0 Å². The number of oxime groups is 1. The molecule has 1 rings (SSSR count). The van der Waals surface area contributed by atoms with Crippen molar-refractivity contribution in [2.45, 2.75) is 33.1 Å². The molecule has 0 aliphatic carbocycles. The summed E-state index contributed by atoms with van der Waals surface area (Å²) in [6.07, 6.45) is 2.95. The average molecular weight is 263 g/mol. The van der Waals surface area contributed by atoms with Crippen LogP contribution >= 0.6 is 0 Å². The number of para-hydroxylation sites is 1. The second-order valence-corrected chi connectivity index (χ2v) is 5.20. The first-order valence-corrected chi connectivity index (χ1v) is 6.90. The Morgan fingerprint density at radius 3 is 2.53 bits per heavy atom. The minimum atomic E-state index is 0.282. The molecule has 0 fully saturated rings. The molecule has 0 aliphatic rings. The molecule has 0 aromatic heterocycles. The monoisotopic (exact) mass is 263 g/mol. The van der Waals surface area contributed by atoms with E-state index in [0.717, 1.165) is 25.4 Å². The quantitative estimate of drug-likeness (QED) is 0.328. The molecule has 0 saturated heterocycles. The van der Waals surface area contributed by atoms with Crippen molar-refractivity contribution < 1.29 is 5.21 Å². The molecule has 0 aliphatic heterocycles. The van der Waals surface area contributed by atoms with Gasteiger partial charge in [-0.2, -0.15) is 0 Å². The van der Waals surface area contributed by atoms with Crippen LogP contribution in [0, 0.1) is 5.92 Å². The van der Waals surface area contributed by atoms with Gasteiger partial charge in [-0.3, -0.25) is 0 Å². The predicted molar refractivity (Wildman–Crippen MR) is 80.8 cm³/mol. The molecule has 1 aromatic rings. The third-order valence-electron chi connectivity index (χ3n) is 3.10. The van der Waals surface area contributed by atoms with Gasteiger partial charge in [0.2, 0.25) is 0 Å². The van der Waals surface area contributed by atoms with E-state index >= 15 is 0 Å². The number of nitrogens with zero attached hydrogens (tertiary/aromatic N) is 2. The van der Waals surface area contributed by atoms with Crippen LogP contribution in [0.1, 0.15) is 33.1 Å². The summed E-state index contributed by atoms with van der Waals surface area (Å²) in [6, 6.07) is 10.3. The molecule has 0 bridgehead atoms. The van der Waals surface area contributed by atoms with E-state index in [2.05, 4.69) is 36.0 Å². The maximum atomic E-state index is 8.61. The Hall–Kier alpha value is -1.71. The molecule has 0 heterocycles. The third-order valence-corrected chi connectivity index (χ3v) is 3.10. The molecule has 4 heteroatoms. The molecule has 106 valence electrons. The van der Waals surface area contributed by atoms with Crippen molar-refractivity contribution in [1.29, 1.82) is 0 Å². The number of amidine groups is 1. The summed E-state index contributed by atoms with van der Waals surface area (Å²) in [6.45, 7) is 6.26. The molecule has 0 unspecified atom stereocenters. The van der Waals surface area contributed by atoms with Crippen molar-refractivity contribution in [1.82, 2.24) is 0 Å². The van der Waals surface area contributed by atoms with Gasteiger partial charge in [0.1, 0.15) is 5.84 Å². The summed E-state index contributed by atoms with van der Waals surface area (Å²) in [5, 5.41) is 11.6. The molecule has 0 saturated carbocycles. The maximum Gasteiger partial charge on any atom is 0.140 e. The summed E-state index contributed by atoms with van der Waals surface area (Å²) >= 11 is 0. The molecule has 1 aromatic carbocycles. The Balaban J connectivity index is 2.57. The topological polar surface area (TPSA) is 61.8 Å². The van der Waals surface area contributed by atoms with Gasteiger partial charge in [0, 0.05) is 25.2 Å². The lowest BCUT2D eigenvalue weighted by atomic mass is 10.1. The smallest absolute Gasteiger partial charge is 0.140 e. The van der Waals surface area contributed by atoms with Crippen LogP contribution in [0.15, 0.2) is 35.5 Å². The number of hydrogen-bond acceptors (Lipinski definition) is 3. The van der Waals surface area contributed by atoms with Gasteiger partial charge >= 0.3 is 0 Å². The predicted octanol–water partition coefficient (Wildman–Crippen LogP) is 3.07. The molecular weight excluding hydrogens is 238 g/mol. The van der Waals surface area contributed by atoms with E-state index in [9.17, 15) is 0 Å². The minimum absolute atomic E-state index is 0.282. The van der Waals surface area contributed by atoms with Crippen molar-refractivity contribution in [2.75, 3.05) is 18.0 Å². The van der Waals surface area contributed by atoms with E-state index in [1.54, 1.807) is 0 Å². The Kier molecular flexibility index (Phi) is 6.79. The summed E-state index contributed by atoms with van der Waals surface area (Å²) in [4.78, 5) is 2.29.